The molecule has 0 rings (SSSR count). The van der Waals surface area contributed by atoms with Crippen LogP contribution in [0, 0.1) is 0 Å². The van der Waals surface area contributed by atoms with Gasteiger partial charge in [0.2, 0.25) is 0 Å². The molecule has 158 valence electrons. The highest BCUT2D eigenvalue weighted by Gasteiger charge is 2.17. The Balaban J connectivity index is 4.20. The van der Waals surface area contributed by atoms with Crippen LogP contribution in [0.4, 0.5) is 0 Å². The molecule has 28 heavy (non-hydrogen) atoms. The third-order valence-electron chi connectivity index (χ3n) is 3.71. The van der Waals surface area contributed by atoms with Crippen molar-refractivity contribution in [2.24, 2.45) is 0 Å². The van der Waals surface area contributed by atoms with Gasteiger partial charge in [0.25, 0.3) is 0 Å². The summed E-state index contributed by atoms with van der Waals surface area (Å²) in [5, 5.41) is 18.4. The smallest absolute Gasteiger partial charge is 0.341 e. The van der Waals surface area contributed by atoms with Crippen LogP contribution in [0.3, 0.4) is 0 Å². The number of hydrogen-bond acceptors (Lipinski definition) is 7. The maximum absolute atomic E-state index is 11.9. The van der Waals surface area contributed by atoms with Crippen molar-refractivity contribution in [2.75, 3.05) is 6.61 Å². The van der Waals surface area contributed by atoms with Gasteiger partial charge >= 0.3 is 17.9 Å². The van der Waals surface area contributed by atoms with Crippen molar-refractivity contribution >= 4 is 29.5 Å². The molecule has 0 spiro atoms. The molecule has 2 atom stereocenters. The van der Waals surface area contributed by atoms with Gasteiger partial charge in [-0.2, -0.15) is 0 Å². The van der Waals surface area contributed by atoms with E-state index < -0.39 is 30.1 Å². The summed E-state index contributed by atoms with van der Waals surface area (Å²) in [6.07, 6.45) is 0.573. The zero-order valence-corrected chi connectivity index (χ0v) is 17.2. The number of carbonyl (C=O) groups is 3. The number of esters is 3. The maximum atomic E-state index is 11.9. The fourth-order valence-corrected chi connectivity index (χ4v) is 2.12. The predicted octanol–water partition coefficient (Wildman–Crippen LogP) is 2.94. The first-order valence-corrected chi connectivity index (χ1v) is 9.46. The van der Waals surface area contributed by atoms with E-state index >= 15 is 0 Å². The SMILES string of the molecule is C=C(CCCOC(=O)C(=CCl)CCC(C)O)C(=O)OC(=O)C(=C)CCC(C)O. The van der Waals surface area contributed by atoms with Gasteiger partial charge in [0.15, 0.2) is 0 Å². The summed E-state index contributed by atoms with van der Waals surface area (Å²) in [6, 6.07) is 0. The Morgan fingerprint density at radius 3 is 1.93 bits per heavy atom. The Labute approximate surface area is 170 Å². The van der Waals surface area contributed by atoms with Gasteiger partial charge < -0.3 is 19.7 Å². The van der Waals surface area contributed by atoms with Crippen LogP contribution < -0.4 is 0 Å². The molecule has 0 heterocycles. The molecule has 0 aliphatic carbocycles. The van der Waals surface area contributed by atoms with E-state index in [4.69, 9.17) is 16.3 Å². The summed E-state index contributed by atoms with van der Waals surface area (Å²) in [6.45, 7) is 10.3. The second kappa shape index (κ2) is 14.1. The number of aliphatic hydroxyl groups excluding tert-OH is 2. The highest BCUT2D eigenvalue weighted by Crippen LogP contribution is 2.13. The lowest BCUT2D eigenvalue weighted by Gasteiger charge is -2.10. The number of ether oxygens (including phenoxy) is 2. The number of hydrogen-bond donors (Lipinski definition) is 2. The fourth-order valence-electron chi connectivity index (χ4n) is 1.92. The van der Waals surface area contributed by atoms with Gasteiger partial charge in [0, 0.05) is 22.3 Å². The first-order valence-electron chi connectivity index (χ1n) is 9.03. The zero-order valence-electron chi connectivity index (χ0n) is 16.4. The second-order valence-corrected chi connectivity index (χ2v) is 6.75. The molecule has 8 heteroatoms. The third kappa shape index (κ3) is 11.7. The molecular formula is C20H29ClO7. The van der Waals surface area contributed by atoms with Crippen LogP contribution in [-0.2, 0) is 23.9 Å². The first-order chi connectivity index (χ1) is 13.1. The number of carbonyl (C=O) groups excluding carboxylic acids is 3. The molecule has 0 aliphatic heterocycles. The molecule has 0 radical (unpaired) electrons. The van der Waals surface area contributed by atoms with Crippen LogP contribution in [0.25, 0.3) is 0 Å². The summed E-state index contributed by atoms with van der Waals surface area (Å²) in [4.78, 5) is 35.4. The van der Waals surface area contributed by atoms with Crippen molar-refractivity contribution in [3.05, 3.63) is 35.4 Å². The van der Waals surface area contributed by atoms with Crippen molar-refractivity contribution < 1.29 is 34.1 Å². The summed E-state index contributed by atoms with van der Waals surface area (Å²) < 4.78 is 9.74. The van der Waals surface area contributed by atoms with Crippen molar-refractivity contribution in [1.29, 1.82) is 0 Å². The molecule has 0 aromatic rings. The van der Waals surface area contributed by atoms with Gasteiger partial charge in [0.1, 0.15) is 0 Å². The van der Waals surface area contributed by atoms with E-state index in [1.807, 2.05) is 0 Å². The Hall–Kier alpha value is -1.96. The Morgan fingerprint density at radius 2 is 1.43 bits per heavy atom. The van der Waals surface area contributed by atoms with Gasteiger partial charge in [-0.15, -0.1) is 0 Å². The highest BCUT2D eigenvalue weighted by atomic mass is 35.5. The molecule has 0 aliphatic rings. The van der Waals surface area contributed by atoms with Gasteiger partial charge in [-0.1, -0.05) is 24.8 Å². The van der Waals surface area contributed by atoms with Crippen LogP contribution in [0.2, 0.25) is 0 Å². The van der Waals surface area contributed by atoms with E-state index in [0.717, 1.165) is 5.54 Å². The average molecular weight is 417 g/mol. The molecule has 0 aromatic carbocycles. The van der Waals surface area contributed by atoms with Crippen LogP contribution in [-0.4, -0.2) is 46.9 Å². The number of rotatable bonds is 13. The number of halogens is 1. The third-order valence-corrected chi connectivity index (χ3v) is 3.97. The Morgan fingerprint density at radius 1 is 0.929 bits per heavy atom. The lowest BCUT2D eigenvalue weighted by Crippen LogP contribution is -2.16. The molecular weight excluding hydrogens is 388 g/mol. The van der Waals surface area contributed by atoms with Crippen LogP contribution in [0.5, 0.6) is 0 Å². The van der Waals surface area contributed by atoms with Crippen LogP contribution in [0.15, 0.2) is 35.4 Å². The molecule has 0 aromatic heterocycles. The monoisotopic (exact) mass is 416 g/mol. The lowest BCUT2D eigenvalue weighted by molar-refractivity contribution is -0.154. The highest BCUT2D eigenvalue weighted by molar-refractivity contribution is 6.27. The van der Waals surface area contributed by atoms with Crippen molar-refractivity contribution in [3.8, 4) is 0 Å². The molecule has 0 bridgehead atoms. The van der Waals surface area contributed by atoms with E-state index in [-0.39, 0.29) is 36.2 Å². The normalized spacial score (nSPS) is 13.4. The van der Waals surface area contributed by atoms with E-state index in [2.05, 4.69) is 17.9 Å². The topological polar surface area (TPSA) is 110 Å². The molecule has 0 saturated heterocycles. The first kappa shape index (κ1) is 26.0. The number of aliphatic hydroxyl groups is 2. The predicted molar refractivity (Wildman–Crippen MR) is 105 cm³/mol. The fraction of sp³-hybridized carbons (Fsp3) is 0.550. The molecule has 0 saturated carbocycles. The van der Waals surface area contributed by atoms with Gasteiger partial charge in [0.05, 0.1) is 18.8 Å². The van der Waals surface area contributed by atoms with Crippen LogP contribution in [0.1, 0.15) is 52.4 Å². The van der Waals surface area contributed by atoms with Crippen LogP contribution >= 0.6 is 11.6 Å². The Bertz CT molecular complexity index is 606. The molecule has 2 N–H and O–H groups in total. The van der Waals surface area contributed by atoms with E-state index in [1.54, 1.807) is 13.8 Å². The minimum absolute atomic E-state index is 0.0308. The average Bonchev–Trinajstić information content (AvgIpc) is 2.62. The quantitative estimate of drug-likeness (QED) is 0.205. The molecule has 0 amide bonds. The van der Waals surface area contributed by atoms with Crippen molar-refractivity contribution in [2.45, 2.75) is 64.6 Å². The minimum Gasteiger partial charge on any atom is -0.462 e. The summed E-state index contributed by atoms with van der Waals surface area (Å²) >= 11 is 5.59. The van der Waals surface area contributed by atoms with Crippen molar-refractivity contribution in [1.82, 2.24) is 0 Å². The maximum Gasteiger partial charge on any atom is 0.341 e. The Kier molecular flexibility index (Phi) is 13.1. The van der Waals surface area contributed by atoms with Gasteiger partial charge in [-0.25, -0.2) is 14.4 Å². The van der Waals surface area contributed by atoms with Gasteiger partial charge in [-0.3, -0.25) is 0 Å². The summed E-state index contributed by atoms with van der Waals surface area (Å²) in [7, 11) is 0. The molecule has 7 nitrogen and oxygen atoms in total. The van der Waals surface area contributed by atoms with Crippen molar-refractivity contribution in [3.63, 3.8) is 0 Å². The molecule has 2 unspecified atom stereocenters. The van der Waals surface area contributed by atoms with E-state index in [9.17, 15) is 24.6 Å². The van der Waals surface area contributed by atoms with E-state index in [0.29, 0.717) is 25.7 Å². The summed E-state index contributed by atoms with van der Waals surface area (Å²) in [5.41, 5.74) is 1.53. The summed E-state index contributed by atoms with van der Waals surface area (Å²) in [5.74, 6) is -2.31. The lowest BCUT2D eigenvalue weighted by atomic mass is 10.1. The minimum atomic E-state index is -0.868. The molecule has 0 fully saturated rings. The van der Waals surface area contributed by atoms with E-state index in [1.165, 1.54) is 0 Å². The zero-order chi connectivity index (χ0) is 21.7. The largest absolute Gasteiger partial charge is 0.462 e. The second-order valence-electron chi connectivity index (χ2n) is 6.53. The van der Waals surface area contributed by atoms with Gasteiger partial charge in [-0.05, 0) is 52.4 Å². The standard InChI is InChI=1S/C20H29ClO7/c1-13(18(24)28-19(25)14(2)7-8-15(3)22)6-5-11-27-20(26)17(12-21)10-9-16(4)23/h12,15-16,22-23H,1-2,5-11H2,3-4H3.